The zero-order valence-corrected chi connectivity index (χ0v) is 11.3. The van der Waals surface area contributed by atoms with Gasteiger partial charge in [-0.3, -0.25) is 9.59 Å². The molecule has 2 aromatic rings. The molecule has 110 valence electrons. The van der Waals surface area contributed by atoms with E-state index in [2.05, 4.69) is 5.32 Å². The molecule has 0 aliphatic heterocycles. The van der Waals surface area contributed by atoms with E-state index >= 15 is 0 Å². The molecule has 2 N–H and O–H groups in total. The van der Waals surface area contributed by atoms with Gasteiger partial charge >= 0.3 is 5.97 Å². The molecule has 0 bridgehead atoms. The fraction of sp³-hybridized carbons (Fsp3) is 0.200. The van der Waals surface area contributed by atoms with E-state index in [1.54, 1.807) is 24.3 Å². The van der Waals surface area contributed by atoms with Gasteiger partial charge < -0.3 is 15.0 Å². The third kappa shape index (κ3) is 4.17. The number of carboxylic acid groups (broad SMARTS) is 1. The van der Waals surface area contributed by atoms with Crippen LogP contribution < -0.4 is 5.32 Å². The molecule has 0 radical (unpaired) electrons. The zero-order chi connectivity index (χ0) is 15.2. The molecule has 6 heteroatoms. The number of carbonyl (C=O) groups excluding carboxylic acids is 1. The lowest BCUT2D eigenvalue weighted by Gasteiger charge is -2.08. The summed E-state index contributed by atoms with van der Waals surface area (Å²) in [6.07, 6.45) is 2.04. The Bertz CT molecular complexity index is 652. The zero-order valence-electron chi connectivity index (χ0n) is 11.3. The summed E-state index contributed by atoms with van der Waals surface area (Å²) in [6.45, 7) is 0.0835. The molecule has 0 saturated heterocycles. The molecular formula is C15H15FN2O3. The van der Waals surface area contributed by atoms with Crippen molar-refractivity contribution in [3.63, 3.8) is 0 Å². The minimum Gasteiger partial charge on any atom is -0.480 e. The maximum atomic E-state index is 13.0. The second kappa shape index (κ2) is 6.69. The number of nitrogens with zero attached hydrogens (tertiary/aromatic N) is 1. The average Bonchev–Trinajstić information content (AvgIpc) is 2.86. The topological polar surface area (TPSA) is 71.3 Å². The van der Waals surface area contributed by atoms with Crippen LogP contribution in [0.5, 0.6) is 0 Å². The third-order valence-corrected chi connectivity index (χ3v) is 2.96. The smallest absolute Gasteiger partial charge is 0.323 e. The predicted molar refractivity (Wildman–Crippen MR) is 74.5 cm³/mol. The summed E-state index contributed by atoms with van der Waals surface area (Å²) in [4.78, 5) is 22.7. The van der Waals surface area contributed by atoms with Crippen LogP contribution in [0.1, 0.15) is 16.1 Å². The number of aromatic nitrogens is 1. The van der Waals surface area contributed by atoms with Crippen LogP contribution in [0.15, 0.2) is 42.6 Å². The number of hydrogen-bond donors (Lipinski definition) is 2. The molecule has 0 aliphatic rings. The lowest BCUT2D eigenvalue weighted by atomic mass is 10.1. The van der Waals surface area contributed by atoms with Crippen LogP contribution in [0.2, 0.25) is 0 Å². The van der Waals surface area contributed by atoms with Gasteiger partial charge in [-0.2, -0.15) is 0 Å². The first-order valence-corrected chi connectivity index (χ1v) is 6.46. The van der Waals surface area contributed by atoms with Crippen LogP contribution in [0.4, 0.5) is 4.39 Å². The highest BCUT2D eigenvalue weighted by Gasteiger charge is 2.12. The fourth-order valence-corrected chi connectivity index (χ4v) is 2.01. The van der Waals surface area contributed by atoms with Gasteiger partial charge in [0.15, 0.2) is 0 Å². The Kier molecular flexibility index (Phi) is 4.71. The molecule has 1 aromatic carbocycles. The number of carbonyl (C=O) groups is 2. The molecule has 1 amide bonds. The molecular weight excluding hydrogens is 275 g/mol. The molecule has 1 aromatic heterocycles. The first-order valence-electron chi connectivity index (χ1n) is 6.46. The van der Waals surface area contributed by atoms with E-state index in [4.69, 9.17) is 5.11 Å². The van der Waals surface area contributed by atoms with Crippen molar-refractivity contribution in [1.82, 2.24) is 9.88 Å². The van der Waals surface area contributed by atoms with Crippen molar-refractivity contribution in [2.45, 2.75) is 13.0 Å². The van der Waals surface area contributed by atoms with E-state index in [0.29, 0.717) is 13.0 Å². The minimum atomic E-state index is -1.01. The maximum absolute atomic E-state index is 13.0. The number of halogens is 1. The van der Waals surface area contributed by atoms with Crippen LogP contribution in [-0.4, -0.2) is 28.1 Å². The highest BCUT2D eigenvalue weighted by atomic mass is 19.1. The van der Waals surface area contributed by atoms with Crippen LogP contribution >= 0.6 is 0 Å². The number of amides is 1. The van der Waals surface area contributed by atoms with Gasteiger partial charge in [0.1, 0.15) is 18.1 Å². The van der Waals surface area contributed by atoms with E-state index in [9.17, 15) is 14.0 Å². The van der Waals surface area contributed by atoms with Crippen molar-refractivity contribution in [1.29, 1.82) is 0 Å². The third-order valence-electron chi connectivity index (χ3n) is 2.96. The number of hydrogen-bond acceptors (Lipinski definition) is 2. The predicted octanol–water partition coefficient (Wildman–Crippen LogP) is 1.68. The molecule has 0 spiro atoms. The van der Waals surface area contributed by atoms with Gasteiger partial charge in [-0.1, -0.05) is 12.1 Å². The lowest BCUT2D eigenvalue weighted by Crippen LogP contribution is -2.28. The highest BCUT2D eigenvalue weighted by Crippen LogP contribution is 2.05. The van der Waals surface area contributed by atoms with Crippen molar-refractivity contribution in [3.05, 3.63) is 59.7 Å². The molecule has 21 heavy (non-hydrogen) atoms. The summed E-state index contributed by atoms with van der Waals surface area (Å²) in [7, 11) is 0. The first kappa shape index (κ1) is 14.8. The van der Waals surface area contributed by atoms with Crippen molar-refractivity contribution in [2.75, 3.05) is 6.54 Å². The van der Waals surface area contributed by atoms with E-state index in [0.717, 1.165) is 5.56 Å². The summed E-state index contributed by atoms with van der Waals surface area (Å²) in [5, 5.41) is 11.4. The Morgan fingerprint density at radius 3 is 2.76 bits per heavy atom. The minimum absolute atomic E-state index is 0.264. The molecule has 0 fully saturated rings. The normalized spacial score (nSPS) is 10.3. The van der Waals surface area contributed by atoms with Gasteiger partial charge in [0.2, 0.25) is 0 Å². The average molecular weight is 290 g/mol. The molecule has 0 aliphatic carbocycles. The van der Waals surface area contributed by atoms with Crippen LogP contribution in [0, 0.1) is 5.82 Å². The Labute approximate surface area is 121 Å². The fourth-order valence-electron chi connectivity index (χ4n) is 2.01. The summed E-state index contributed by atoms with van der Waals surface area (Å²) in [5.41, 5.74) is 1.08. The molecule has 0 atom stereocenters. The Morgan fingerprint density at radius 1 is 1.24 bits per heavy atom. The van der Waals surface area contributed by atoms with Crippen molar-refractivity contribution in [2.24, 2.45) is 0 Å². The first-order chi connectivity index (χ1) is 10.1. The van der Waals surface area contributed by atoms with E-state index in [1.165, 1.54) is 22.9 Å². The van der Waals surface area contributed by atoms with Crippen LogP contribution in [0.3, 0.4) is 0 Å². The molecule has 5 nitrogen and oxygen atoms in total. The van der Waals surface area contributed by atoms with Gasteiger partial charge in [-0.05, 0) is 36.2 Å². The maximum Gasteiger partial charge on any atom is 0.323 e. The largest absolute Gasteiger partial charge is 0.480 e. The van der Waals surface area contributed by atoms with E-state index in [-0.39, 0.29) is 24.0 Å². The second-order valence-corrected chi connectivity index (χ2v) is 4.55. The summed E-state index contributed by atoms with van der Waals surface area (Å²) in [6, 6.07) is 9.35. The Balaban J connectivity index is 1.90. The van der Waals surface area contributed by atoms with Crippen LogP contribution in [-0.2, 0) is 17.8 Å². The van der Waals surface area contributed by atoms with E-state index < -0.39 is 5.97 Å². The van der Waals surface area contributed by atoms with Gasteiger partial charge in [0, 0.05) is 12.7 Å². The summed E-state index contributed by atoms with van der Waals surface area (Å²) in [5.74, 6) is -1.67. The number of nitrogens with one attached hydrogen (secondary N) is 1. The Hall–Kier alpha value is -2.63. The van der Waals surface area contributed by atoms with Crippen molar-refractivity contribution in [3.8, 4) is 0 Å². The van der Waals surface area contributed by atoms with Gasteiger partial charge in [0.25, 0.3) is 5.91 Å². The molecule has 0 saturated carbocycles. The Morgan fingerprint density at radius 2 is 2.05 bits per heavy atom. The molecule has 0 unspecified atom stereocenters. The van der Waals surface area contributed by atoms with Gasteiger partial charge in [-0.15, -0.1) is 0 Å². The highest BCUT2D eigenvalue weighted by molar-refractivity contribution is 5.93. The molecule has 2 rings (SSSR count). The monoisotopic (exact) mass is 290 g/mol. The van der Waals surface area contributed by atoms with Crippen molar-refractivity contribution < 1.29 is 19.1 Å². The SMILES string of the molecule is O=C(O)Cn1cccc1C(=O)NCCc1cccc(F)c1. The quantitative estimate of drug-likeness (QED) is 0.850. The van der Waals surface area contributed by atoms with Crippen molar-refractivity contribution >= 4 is 11.9 Å². The van der Waals surface area contributed by atoms with Crippen LogP contribution in [0.25, 0.3) is 0 Å². The standard InChI is InChI=1S/C15H15FN2O3/c16-12-4-1-3-11(9-12)6-7-17-15(21)13-5-2-8-18(13)10-14(19)20/h1-5,8-9H,6-7,10H2,(H,17,21)(H,19,20). The number of carboxylic acids is 1. The second-order valence-electron chi connectivity index (χ2n) is 4.55. The summed E-state index contributed by atoms with van der Waals surface area (Å²) >= 11 is 0. The lowest BCUT2D eigenvalue weighted by molar-refractivity contribution is -0.137. The number of aliphatic carboxylic acids is 1. The number of rotatable bonds is 6. The molecule has 1 heterocycles. The van der Waals surface area contributed by atoms with Gasteiger partial charge in [-0.25, -0.2) is 4.39 Å². The van der Waals surface area contributed by atoms with Gasteiger partial charge in [0.05, 0.1) is 0 Å². The van der Waals surface area contributed by atoms with E-state index in [1.807, 2.05) is 0 Å². The summed E-state index contributed by atoms with van der Waals surface area (Å²) < 4.78 is 14.4. The number of benzene rings is 1.